The molecule has 3 aromatic rings. The van der Waals surface area contributed by atoms with Crippen LogP contribution in [0.1, 0.15) is 27.9 Å². The fourth-order valence-corrected chi connectivity index (χ4v) is 4.83. The zero-order valence-corrected chi connectivity index (χ0v) is 18.3. The summed E-state index contributed by atoms with van der Waals surface area (Å²) in [5, 5.41) is 9.92. The van der Waals surface area contributed by atoms with Crippen molar-refractivity contribution in [3.8, 4) is 5.69 Å². The highest BCUT2D eigenvalue weighted by atomic mass is 32.1. The minimum Gasteiger partial charge on any atom is -0.379 e. The van der Waals surface area contributed by atoms with Gasteiger partial charge in [0, 0.05) is 35.8 Å². The molecule has 0 radical (unpaired) electrons. The molecule has 4 rings (SSSR count). The summed E-state index contributed by atoms with van der Waals surface area (Å²) in [6.45, 7) is 7.86. The molecule has 7 heteroatoms. The smallest absolute Gasteiger partial charge is 0.224 e. The van der Waals surface area contributed by atoms with Crippen molar-refractivity contribution in [2.24, 2.45) is 0 Å². The molecule has 1 aliphatic rings. The Morgan fingerprint density at radius 3 is 2.63 bits per heavy atom. The van der Waals surface area contributed by atoms with Crippen LogP contribution >= 0.6 is 11.3 Å². The van der Waals surface area contributed by atoms with Crippen molar-refractivity contribution in [3.63, 3.8) is 0 Å². The lowest BCUT2D eigenvalue weighted by Gasteiger charge is -2.34. The zero-order chi connectivity index (χ0) is 20.9. The standard InChI is InChI=1S/C23H28N4O2S/c1-17-20(18(2)27(25-17)19-7-4-3-5-8-19)15-23(28)24-16-21(22-9-6-14-30-22)26-10-12-29-13-11-26/h3-9,14,21H,10-13,15-16H2,1-2H3,(H,24,28)/t21-/m1/s1. The molecule has 1 amide bonds. The van der Waals surface area contributed by atoms with Crippen molar-refractivity contribution in [1.82, 2.24) is 20.0 Å². The van der Waals surface area contributed by atoms with Gasteiger partial charge in [0.1, 0.15) is 0 Å². The molecule has 0 bridgehead atoms. The van der Waals surface area contributed by atoms with Crippen LogP contribution in [-0.2, 0) is 16.0 Å². The molecular weight excluding hydrogens is 396 g/mol. The van der Waals surface area contributed by atoms with E-state index in [4.69, 9.17) is 4.74 Å². The monoisotopic (exact) mass is 424 g/mol. The van der Waals surface area contributed by atoms with Gasteiger partial charge in [0.05, 0.1) is 37.1 Å². The number of thiophene rings is 1. The Morgan fingerprint density at radius 1 is 1.17 bits per heavy atom. The van der Waals surface area contributed by atoms with E-state index in [2.05, 4.69) is 32.8 Å². The van der Waals surface area contributed by atoms with Gasteiger partial charge in [-0.05, 0) is 37.4 Å². The molecule has 1 aliphatic heterocycles. The second kappa shape index (κ2) is 9.55. The highest BCUT2D eigenvalue weighted by Crippen LogP contribution is 2.25. The molecule has 1 aromatic carbocycles. The lowest BCUT2D eigenvalue weighted by atomic mass is 10.1. The van der Waals surface area contributed by atoms with E-state index in [-0.39, 0.29) is 11.9 Å². The summed E-state index contributed by atoms with van der Waals surface area (Å²) in [4.78, 5) is 16.5. The van der Waals surface area contributed by atoms with E-state index >= 15 is 0 Å². The molecule has 1 saturated heterocycles. The molecular formula is C23H28N4O2S. The summed E-state index contributed by atoms with van der Waals surface area (Å²) < 4.78 is 7.42. The third-order valence-corrected chi connectivity index (χ3v) is 6.60. The van der Waals surface area contributed by atoms with Gasteiger partial charge >= 0.3 is 0 Å². The molecule has 0 spiro atoms. The Labute approximate surface area is 181 Å². The highest BCUT2D eigenvalue weighted by molar-refractivity contribution is 7.10. The molecule has 0 unspecified atom stereocenters. The molecule has 1 N–H and O–H groups in total. The summed E-state index contributed by atoms with van der Waals surface area (Å²) in [6.07, 6.45) is 0.338. The van der Waals surface area contributed by atoms with E-state index in [1.807, 2.05) is 48.9 Å². The molecule has 2 aromatic heterocycles. The van der Waals surface area contributed by atoms with Crippen molar-refractivity contribution < 1.29 is 9.53 Å². The largest absolute Gasteiger partial charge is 0.379 e. The molecule has 1 atom stereocenters. The lowest BCUT2D eigenvalue weighted by Crippen LogP contribution is -2.43. The van der Waals surface area contributed by atoms with Gasteiger partial charge in [-0.15, -0.1) is 11.3 Å². The van der Waals surface area contributed by atoms with Gasteiger partial charge in [-0.1, -0.05) is 24.3 Å². The zero-order valence-electron chi connectivity index (χ0n) is 17.5. The minimum atomic E-state index is 0.0311. The first-order chi connectivity index (χ1) is 14.6. The first kappa shape index (κ1) is 20.8. The average Bonchev–Trinajstić information content (AvgIpc) is 3.40. The Bertz CT molecular complexity index is 963. The quantitative estimate of drug-likeness (QED) is 0.632. The van der Waals surface area contributed by atoms with Gasteiger partial charge in [-0.3, -0.25) is 9.69 Å². The SMILES string of the molecule is Cc1nn(-c2ccccc2)c(C)c1CC(=O)NC[C@H](c1cccs1)N1CCOCC1. The van der Waals surface area contributed by atoms with Crippen LogP contribution in [0.15, 0.2) is 47.8 Å². The number of carbonyl (C=O) groups is 1. The number of benzene rings is 1. The number of aryl methyl sites for hydroxylation is 1. The van der Waals surface area contributed by atoms with Crippen LogP contribution in [0, 0.1) is 13.8 Å². The number of hydrogen-bond acceptors (Lipinski definition) is 5. The van der Waals surface area contributed by atoms with Gasteiger partial charge in [0.25, 0.3) is 0 Å². The molecule has 6 nitrogen and oxygen atoms in total. The summed E-state index contributed by atoms with van der Waals surface area (Å²) >= 11 is 1.74. The minimum absolute atomic E-state index is 0.0311. The maximum absolute atomic E-state index is 12.8. The van der Waals surface area contributed by atoms with Crippen LogP contribution in [0.5, 0.6) is 0 Å². The van der Waals surface area contributed by atoms with E-state index in [1.165, 1.54) is 4.88 Å². The van der Waals surface area contributed by atoms with E-state index < -0.39 is 0 Å². The van der Waals surface area contributed by atoms with Crippen LogP contribution in [0.4, 0.5) is 0 Å². The second-order valence-corrected chi connectivity index (χ2v) is 8.54. The summed E-state index contributed by atoms with van der Waals surface area (Å²) in [5.41, 5.74) is 3.91. The predicted octanol–water partition coefficient (Wildman–Crippen LogP) is 3.28. The van der Waals surface area contributed by atoms with Crippen LogP contribution in [0.3, 0.4) is 0 Å². The summed E-state index contributed by atoms with van der Waals surface area (Å²) in [7, 11) is 0. The fourth-order valence-electron chi connectivity index (χ4n) is 3.96. The number of hydrogen-bond donors (Lipinski definition) is 1. The topological polar surface area (TPSA) is 59.4 Å². The van der Waals surface area contributed by atoms with Gasteiger partial charge < -0.3 is 10.1 Å². The number of nitrogens with zero attached hydrogens (tertiary/aromatic N) is 3. The highest BCUT2D eigenvalue weighted by Gasteiger charge is 2.24. The van der Waals surface area contributed by atoms with E-state index in [1.54, 1.807) is 11.3 Å². The van der Waals surface area contributed by atoms with Crippen molar-refractivity contribution in [1.29, 1.82) is 0 Å². The third kappa shape index (κ3) is 4.64. The van der Waals surface area contributed by atoms with Crippen LogP contribution < -0.4 is 5.32 Å². The summed E-state index contributed by atoms with van der Waals surface area (Å²) in [6, 6.07) is 14.4. The molecule has 0 aliphatic carbocycles. The Kier molecular flexibility index (Phi) is 6.62. The maximum atomic E-state index is 12.8. The number of para-hydroxylation sites is 1. The van der Waals surface area contributed by atoms with Crippen LogP contribution in [0.2, 0.25) is 0 Å². The van der Waals surface area contributed by atoms with Crippen LogP contribution in [-0.4, -0.2) is 53.4 Å². The van der Waals surface area contributed by atoms with E-state index in [9.17, 15) is 4.79 Å². The number of carbonyl (C=O) groups excluding carboxylic acids is 1. The number of morpholine rings is 1. The fraction of sp³-hybridized carbons (Fsp3) is 0.391. The number of nitrogens with one attached hydrogen (secondary N) is 1. The van der Waals surface area contributed by atoms with Crippen molar-refractivity contribution >= 4 is 17.2 Å². The number of ether oxygens (including phenoxy) is 1. The number of amides is 1. The Morgan fingerprint density at radius 2 is 1.93 bits per heavy atom. The Balaban J connectivity index is 1.43. The number of rotatable bonds is 7. The van der Waals surface area contributed by atoms with Crippen molar-refractivity contribution in [2.75, 3.05) is 32.8 Å². The van der Waals surface area contributed by atoms with Crippen molar-refractivity contribution in [2.45, 2.75) is 26.3 Å². The average molecular weight is 425 g/mol. The molecule has 30 heavy (non-hydrogen) atoms. The van der Waals surface area contributed by atoms with Gasteiger partial charge in [0.15, 0.2) is 0 Å². The summed E-state index contributed by atoms with van der Waals surface area (Å²) in [5.74, 6) is 0.0311. The second-order valence-electron chi connectivity index (χ2n) is 7.56. The van der Waals surface area contributed by atoms with Gasteiger partial charge in [-0.2, -0.15) is 5.10 Å². The van der Waals surface area contributed by atoms with E-state index in [0.29, 0.717) is 13.0 Å². The van der Waals surface area contributed by atoms with Gasteiger partial charge in [-0.25, -0.2) is 4.68 Å². The lowest BCUT2D eigenvalue weighted by molar-refractivity contribution is -0.120. The van der Waals surface area contributed by atoms with Crippen molar-refractivity contribution in [3.05, 3.63) is 69.7 Å². The number of aromatic nitrogens is 2. The van der Waals surface area contributed by atoms with Crippen LogP contribution in [0.25, 0.3) is 5.69 Å². The molecule has 158 valence electrons. The molecule has 0 saturated carbocycles. The third-order valence-electron chi connectivity index (χ3n) is 5.63. The molecule has 1 fully saturated rings. The normalized spacial score (nSPS) is 15.8. The maximum Gasteiger partial charge on any atom is 0.224 e. The first-order valence-corrected chi connectivity index (χ1v) is 11.2. The first-order valence-electron chi connectivity index (χ1n) is 10.4. The van der Waals surface area contributed by atoms with E-state index in [0.717, 1.165) is 48.9 Å². The van der Waals surface area contributed by atoms with Gasteiger partial charge in [0.2, 0.25) is 5.91 Å². The predicted molar refractivity (Wildman–Crippen MR) is 119 cm³/mol. The Hall–Kier alpha value is -2.48. The molecule has 3 heterocycles.